The fourth-order valence-electron chi connectivity index (χ4n) is 4.27. The maximum Gasteiger partial charge on any atom is 0.251 e. The summed E-state index contributed by atoms with van der Waals surface area (Å²) in [5.41, 5.74) is 7.11. The lowest BCUT2D eigenvalue weighted by atomic mass is 10.00. The molecule has 1 unspecified atom stereocenters. The summed E-state index contributed by atoms with van der Waals surface area (Å²) in [4.78, 5) is 15.1. The van der Waals surface area contributed by atoms with Crippen LogP contribution in [0.5, 0.6) is 0 Å². The van der Waals surface area contributed by atoms with Crippen LogP contribution in [0.3, 0.4) is 0 Å². The van der Waals surface area contributed by atoms with Gasteiger partial charge in [-0.3, -0.25) is 9.69 Å². The van der Waals surface area contributed by atoms with Gasteiger partial charge in [0.2, 0.25) is 5.91 Å². The number of rotatable bonds is 5. The average Bonchev–Trinajstić information content (AvgIpc) is 3.32. The fraction of sp³-hybridized carbons (Fsp3) is 0.185. The van der Waals surface area contributed by atoms with Crippen LogP contribution < -0.4 is 10.2 Å². The Morgan fingerprint density at radius 1 is 0.941 bits per heavy atom. The lowest BCUT2D eigenvalue weighted by Crippen LogP contribution is -2.37. The topological polar surface area (TPSA) is 75.9 Å². The highest BCUT2D eigenvalue weighted by Crippen LogP contribution is 2.36. The van der Waals surface area contributed by atoms with E-state index in [0.29, 0.717) is 5.95 Å². The standard InChI is InChI=1S/C27H26N6O/c1-18-9-12-22(13-10-18)24-16-25(21-7-5-4-6-8-21)33-27(29-30-31-33)32(24)17-26(34)28-23-14-11-19(2)15-20(23)3/h4-16,25H,17H2,1-3H3,(H,28,34). The number of nitrogens with one attached hydrogen (secondary N) is 1. The average molecular weight is 451 g/mol. The van der Waals surface area contributed by atoms with E-state index in [4.69, 9.17) is 0 Å². The van der Waals surface area contributed by atoms with E-state index < -0.39 is 0 Å². The zero-order chi connectivity index (χ0) is 23.7. The van der Waals surface area contributed by atoms with Crippen molar-refractivity contribution in [2.75, 3.05) is 16.8 Å². The number of amides is 1. The highest BCUT2D eigenvalue weighted by atomic mass is 16.2. The molecule has 0 radical (unpaired) electrons. The third kappa shape index (κ3) is 4.20. The Balaban J connectivity index is 1.53. The molecule has 7 heteroatoms. The monoisotopic (exact) mass is 450 g/mol. The lowest BCUT2D eigenvalue weighted by molar-refractivity contribution is -0.114. The SMILES string of the molecule is Cc1ccc(C2=CC(c3ccccc3)n3nnnc3N2CC(=O)Nc2ccc(C)cc2C)cc1. The Morgan fingerprint density at radius 3 is 2.41 bits per heavy atom. The van der Waals surface area contributed by atoms with E-state index in [-0.39, 0.29) is 18.5 Å². The van der Waals surface area contributed by atoms with Crippen LogP contribution in [-0.4, -0.2) is 32.7 Å². The van der Waals surface area contributed by atoms with Crippen LogP contribution in [0.4, 0.5) is 11.6 Å². The van der Waals surface area contributed by atoms with Gasteiger partial charge in [0.25, 0.3) is 5.95 Å². The molecule has 1 aromatic heterocycles. The van der Waals surface area contributed by atoms with Crippen LogP contribution in [0.15, 0.2) is 78.9 Å². The van der Waals surface area contributed by atoms with Crippen LogP contribution in [0.1, 0.15) is 33.9 Å². The van der Waals surface area contributed by atoms with Crippen molar-refractivity contribution < 1.29 is 4.79 Å². The molecule has 5 rings (SSSR count). The molecule has 0 bridgehead atoms. The molecule has 0 saturated carbocycles. The van der Waals surface area contributed by atoms with Crippen molar-refractivity contribution in [3.63, 3.8) is 0 Å². The first-order chi connectivity index (χ1) is 16.5. The van der Waals surface area contributed by atoms with Gasteiger partial charge in [0, 0.05) is 5.69 Å². The minimum atomic E-state index is -0.179. The normalized spacial score (nSPS) is 15.0. The molecule has 7 nitrogen and oxygen atoms in total. The summed E-state index contributed by atoms with van der Waals surface area (Å²) in [6, 6.07) is 24.2. The van der Waals surface area contributed by atoms with Gasteiger partial charge in [-0.2, -0.15) is 4.68 Å². The van der Waals surface area contributed by atoms with E-state index in [2.05, 4.69) is 76.3 Å². The molecule has 0 spiro atoms. The first-order valence-electron chi connectivity index (χ1n) is 11.3. The van der Waals surface area contributed by atoms with Crippen molar-refractivity contribution in [2.45, 2.75) is 26.8 Å². The molecule has 0 aliphatic carbocycles. The highest BCUT2D eigenvalue weighted by Gasteiger charge is 2.32. The Morgan fingerprint density at radius 2 is 1.68 bits per heavy atom. The number of anilines is 2. The summed E-state index contributed by atoms with van der Waals surface area (Å²) in [6.07, 6.45) is 2.12. The number of tetrazole rings is 1. The molecule has 2 heterocycles. The van der Waals surface area contributed by atoms with Crippen LogP contribution >= 0.6 is 0 Å². The maximum absolute atomic E-state index is 13.2. The molecule has 0 saturated heterocycles. The molecule has 1 aliphatic rings. The number of aryl methyl sites for hydroxylation is 3. The third-order valence-corrected chi connectivity index (χ3v) is 6.03. The van der Waals surface area contributed by atoms with Gasteiger partial charge in [-0.05, 0) is 60.0 Å². The number of benzene rings is 3. The number of carbonyl (C=O) groups excluding carboxylic acids is 1. The van der Waals surface area contributed by atoms with Gasteiger partial charge in [-0.25, -0.2) is 0 Å². The van der Waals surface area contributed by atoms with E-state index in [9.17, 15) is 4.79 Å². The zero-order valence-corrected chi connectivity index (χ0v) is 19.4. The minimum Gasteiger partial charge on any atom is -0.324 e. The second-order valence-corrected chi connectivity index (χ2v) is 8.65. The molecule has 170 valence electrons. The van der Waals surface area contributed by atoms with Gasteiger partial charge < -0.3 is 5.32 Å². The predicted molar refractivity (Wildman–Crippen MR) is 133 cm³/mol. The van der Waals surface area contributed by atoms with E-state index >= 15 is 0 Å². The van der Waals surface area contributed by atoms with Crippen molar-refractivity contribution in [2.24, 2.45) is 0 Å². The van der Waals surface area contributed by atoms with E-state index in [1.807, 2.05) is 49.1 Å². The number of carbonyl (C=O) groups is 1. The van der Waals surface area contributed by atoms with Gasteiger partial charge in [-0.1, -0.05) is 83.0 Å². The van der Waals surface area contributed by atoms with Crippen molar-refractivity contribution in [1.82, 2.24) is 20.2 Å². The van der Waals surface area contributed by atoms with E-state index in [1.54, 1.807) is 4.68 Å². The first-order valence-corrected chi connectivity index (χ1v) is 11.3. The quantitative estimate of drug-likeness (QED) is 0.478. The molecular weight excluding hydrogens is 424 g/mol. The van der Waals surface area contributed by atoms with Crippen molar-refractivity contribution in [1.29, 1.82) is 0 Å². The molecular formula is C27H26N6O. The minimum absolute atomic E-state index is 0.0783. The third-order valence-electron chi connectivity index (χ3n) is 6.03. The molecule has 0 fully saturated rings. The number of allylic oxidation sites excluding steroid dienone is 1. The lowest BCUT2D eigenvalue weighted by Gasteiger charge is -2.32. The molecule has 3 aromatic carbocycles. The van der Waals surface area contributed by atoms with Crippen molar-refractivity contribution in [3.05, 3.63) is 107 Å². The van der Waals surface area contributed by atoms with Gasteiger partial charge >= 0.3 is 0 Å². The molecule has 1 N–H and O–H groups in total. The van der Waals surface area contributed by atoms with Crippen molar-refractivity contribution in [3.8, 4) is 0 Å². The van der Waals surface area contributed by atoms with Gasteiger partial charge in [-0.15, -0.1) is 0 Å². The molecule has 1 amide bonds. The predicted octanol–water partition coefficient (Wildman–Crippen LogP) is 4.69. The van der Waals surface area contributed by atoms with Crippen LogP contribution in [0.25, 0.3) is 5.70 Å². The second-order valence-electron chi connectivity index (χ2n) is 8.65. The largest absolute Gasteiger partial charge is 0.324 e. The van der Waals surface area contributed by atoms with Crippen LogP contribution in [-0.2, 0) is 4.79 Å². The number of aromatic nitrogens is 4. The zero-order valence-electron chi connectivity index (χ0n) is 19.4. The summed E-state index contributed by atoms with van der Waals surface area (Å²) < 4.78 is 1.76. The Hall–Kier alpha value is -4.26. The van der Waals surface area contributed by atoms with E-state index in [1.165, 1.54) is 5.56 Å². The van der Waals surface area contributed by atoms with E-state index in [0.717, 1.165) is 33.6 Å². The molecule has 1 aliphatic heterocycles. The Bertz CT molecular complexity index is 1360. The number of fused-ring (bicyclic) bond motifs is 1. The summed E-state index contributed by atoms with van der Waals surface area (Å²) >= 11 is 0. The first kappa shape index (κ1) is 21.6. The Labute approximate surface area is 198 Å². The summed E-state index contributed by atoms with van der Waals surface area (Å²) in [5, 5.41) is 15.6. The number of nitrogens with zero attached hydrogens (tertiary/aromatic N) is 5. The molecule has 4 aromatic rings. The summed E-state index contributed by atoms with van der Waals surface area (Å²) in [6.45, 7) is 6.16. The molecule has 1 atom stereocenters. The maximum atomic E-state index is 13.2. The Kier molecular flexibility index (Phi) is 5.67. The number of hydrogen-bond acceptors (Lipinski definition) is 5. The van der Waals surface area contributed by atoms with Gasteiger partial charge in [0.1, 0.15) is 12.6 Å². The van der Waals surface area contributed by atoms with Crippen molar-refractivity contribution >= 4 is 23.2 Å². The number of hydrogen-bond donors (Lipinski definition) is 1. The highest BCUT2D eigenvalue weighted by molar-refractivity contribution is 5.97. The van der Waals surface area contributed by atoms with Crippen LogP contribution in [0.2, 0.25) is 0 Å². The molecule has 34 heavy (non-hydrogen) atoms. The second kappa shape index (κ2) is 8.94. The summed E-state index contributed by atoms with van der Waals surface area (Å²) in [7, 11) is 0. The fourth-order valence-corrected chi connectivity index (χ4v) is 4.27. The van der Waals surface area contributed by atoms with Gasteiger partial charge in [0.05, 0.1) is 5.70 Å². The van der Waals surface area contributed by atoms with Gasteiger partial charge in [0.15, 0.2) is 0 Å². The van der Waals surface area contributed by atoms with Crippen LogP contribution in [0, 0.1) is 20.8 Å². The smallest absolute Gasteiger partial charge is 0.251 e. The summed E-state index contributed by atoms with van der Waals surface area (Å²) in [5.74, 6) is 0.389.